The number of hydrogen-bond donors (Lipinski definition) is 2. The van der Waals surface area contributed by atoms with Gasteiger partial charge < -0.3 is 11.1 Å². The number of halogens is 1. The summed E-state index contributed by atoms with van der Waals surface area (Å²) < 4.78 is 1.08. The molecule has 1 unspecified atom stereocenters. The van der Waals surface area contributed by atoms with Crippen molar-refractivity contribution in [2.75, 3.05) is 12.4 Å². The molecule has 1 atom stereocenters. The zero-order chi connectivity index (χ0) is 17.0. The fourth-order valence-electron chi connectivity index (χ4n) is 1.98. The van der Waals surface area contributed by atoms with Gasteiger partial charge in [-0.2, -0.15) is 0 Å². The van der Waals surface area contributed by atoms with E-state index < -0.39 is 5.91 Å². The van der Waals surface area contributed by atoms with Gasteiger partial charge in [-0.15, -0.1) is 11.3 Å². The third-order valence-electron chi connectivity index (χ3n) is 3.51. The van der Waals surface area contributed by atoms with Crippen LogP contribution in [0.3, 0.4) is 0 Å². The molecule has 1 aromatic heterocycles. The van der Waals surface area contributed by atoms with Crippen molar-refractivity contribution < 1.29 is 9.59 Å². The molecule has 0 aliphatic heterocycles. The van der Waals surface area contributed by atoms with Gasteiger partial charge in [-0.05, 0) is 66.3 Å². The number of rotatable bonds is 6. The van der Waals surface area contributed by atoms with E-state index in [1.807, 2.05) is 31.0 Å². The first-order valence-electron chi connectivity index (χ1n) is 7.02. The number of carbonyl (C=O) groups excluding carboxylic acids is 2. The minimum Gasteiger partial charge on any atom is -0.366 e. The van der Waals surface area contributed by atoms with Crippen molar-refractivity contribution in [1.82, 2.24) is 4.90 Å². The van der Waals surface area contributed by atoms with Gasteiger partial charge in [0.2, 0.25) is 11.8 Å². The average Bonchev–Trinajstić information content (AvgIpc) is 2.92. The Labute approximate surface area is 147 Å². The molecule has 7 heteroatoms. The van der Waals surface area contributed by atoms with Gasteiger partial charge in [0.1, 0.15) is 0 Å². The van der Waals surface area contributed by atoms with E-state index in [-0.39, 0.29) is 11.9 Å². The molecule has 0 saturated carbocycles. The van der Waals surface area contributed by atoms with Gasteiger partial charge in [-0.25, -0.2) is 0 Å². The summed E-state index contributed by atoms with van der Waals surface area (Å²) >= 11 is 5.09. The Morgan fingerprint density at radius 3 is 2.43 bits per heavy atom. The number of likely N-dealkylation sites (N-methyl/N-ethyl adjacent to an activating group) is 1. The topological polar surface area (TPSA) is 75.4 Å². The highest BCUT2D eigenvalue weighted by Crippen LogP contribution is 2.23. The Kier molecular flexibility index (Phi) is 5.92. The summed E-state index contributed by atoms with van der Waals surface area (Å²) in [6.45, 7) is 2.56. The number of primary amides is 1. The van der Waals surface area contributed by atoms with Crippen molar-refractivity contribution >= 4 is 44.8 Å². The number of nitrogens with zero attached hydrogens (tertiary/aromatic N) is 1. The minimum absolute atomic E-state index is 0.102. The molecular weight excluding hydrogens is 378 g/mol. The monoisotopic (exact) mass is 395 g/mol. The van der Waals surface area contributed by atoms with Crippen LogP contribution in [0.15, 0.2) is 40.2 Å². The Morgan fingerprint density at radius 2 is 1.91 bits per heavy atom. The molecule has 0 radical (unpaired) electrons. The second-order valence-electron chi connectivity index (χ2n) is 5.23. The quantitative estimate of drug-likeness (QED) is 0.788. The molecule has 0 fully saturated rings. The number of amides is 2. The predicted molar refractivity (Wildman–Crippen MR) is 96.5 cm³/mol. The van der Waals surface area contributed by atoms with Gasteiger partial charge >= 0.3 is 0 Å². The molecule has 1 aromatic carbocycles. The highest BCUT2D eigenvalue weighted by Gasteiger charge is 2.19. The lowest BCUT2D eigenvalue weighted by Gasteiger charge is -2.23. The number of thiophene rings is 1. The zero-order valence-corrected chi connectivity index (χ0v) is 15.3. The largest absolute Gasteiger partial charge is 0.366 e. The molecule has 0 saturated heterocycles. The van der Waals surface area contributed by atoms with E-state index in [1.165, 1.54) is 4.88 Å². The lowest BCUT2D eigenvalue weighted by Crippen LogP contribution is -2.39. The highest BCUT2D eigenvalue weighted by molar-refractivity contribution is 9.11. The molecular formula is C16H18BrN3O2S. The van der Waals surface area contributed by atoms with Crippen LogP contribution in [-0.4, -0.2) is 29.8 Å². The third kappa shape index (κ3) is 4.89. The first-order valence-corrected chi connectivity index (χ1v) is 8.63. The van der Waals surface area contributed by atoms with Crippen molar-refractivity contribution in [2.24, 2.45) is 5.73 Å². The molecule has 2 rings (SSSR count). The SMILES string of the molecule is CC(C(=O)Nc1ccc(C(N)=O)cc1)N(C)Cc1ccc(Br)s1. The second-order valence-corrected chi connectivity index (χ2v) is 7.78. The zero-order valence-electron chi connectivity index (χ0n) is 12.9. The molecule has 0 spiro atoms. The Morgan fingerprint density at radius 1 is 1.26 bits per heavy atom. The number of anilines is 1. The van der Waals surface area contributed by atoms with E-state index >= 15 is 0 Å². The van der Waals surface area contributed by atoms with Gasteiger partial charge in [0.25, 0.3) is 0 Å². The smallest absolute Gasteiger partial charge is 0.248 e. The van der Waals surface area contributed by atoms with E-state index in [0.717, 1.165) is 3.79 Å². The molecule has 3 N–H and O–H groups in total. The maximum absolute atomic E-state index is 12.3. The van der Waals surface area contributed by atoms with Crippen LogP contribution in [0.4, 0.5) is 5.69 Å². The average molecular weight is 396 g/mol. The van der Waals surface area contributed by atoms with Crippen LogP contribution in [0, 0.1) is 0 Å². The summed E-state index contributed by atoms with van der Waals surface area (Å²) in [6, 6.07) is 10.3. The number of hydrogen-bond acceptors (Lipinski definition) is 4. The van der Waals surface area contributed by atoms with Gasteiger partial charge in [0, 0.05) is 22.7 Å². The maximum atomic E-state index is 12.3. The van der Waals surface area contributed by atoms with Crippen molar-refractivity contribution in [3.8, 4) is 0 Å². The molecule has 122 valence electrons. The van der Waals surface area contributed by atoms with Crippen LogP contribution >= 0.6 is 27.3 Å². The summed E-state index contributed by atoms with van der Waals surface area (Å²) in [5, 5.41) is 2.84. The first-order chi connectivity index (χ1) is 10.9. The van der Waals surface area contributed by atoms with E-state index in [1.54, 1.807) is 35.6 Å². The number of benzene rings is 1. The fourth-order valence-corrected chi connectivity index (χ4v) is 3.53. The summed E-state index contributed by atoms with van der Waals surface area (Å²) in [6.07, 6.45) is 0. The molecule has 1 heterocycles. The highest BCUT2D eigenvalue weighted by atomic mass is 79.9. The number of nitrogens with one attached hydrogen (secondary N) is 1. The van der Waals surface area contributed by atoms with Gasteiger partial charge in [0.05, 0.1) is 9.83 Å². The molecule has 2 aromatic rings. The van der Waals surface area contributed by atoms with Gasteiger partial charge in [-0.3, -0.25) is 14.5 Å². The molecule has 0 aliphatic carbocycles. The third-order valence-corrected chi connectivity index (χ3v) is 5.12. The Balaban J connectivity index is 1.94. The summed E-state index contributed by atoms with van der Waals surface area (Å²) in [5.74, 6) is -0.590. The van der Waals surface area contributed by atoms with E-state index in [4.69, 9.17) is 5.73 Å². The summed E-state index contributed by atoms with van der Waals surface area (Å²) in [4.78, 5) is 26.5. The predicted octanol–water partition coefficient (Wildman–Crippen LogP) is 3.07. The van der Waals surface area contributed by atoms with Crippen molar-refractivity contribution in [3.63, 3.8) is 0 Å². The van der Waals surface area contributed by atoms with E-state index in [9.17, 15) is 9.59 Å². The van der Waals surface area contributed by atoms with Crippen molar-refractivity contribution in [1.29, 1.82) is 0 Å². The van der Waals surface area contributed by atoms with Crippen LogP contribution in [0.25, 0.3) is 0 Å². The lowest BCUT2D eigenvalue weighted by molar-refractivity contribution is -0.120. The summed E-state index contributed by atoms with van der Waals surface area (Å²) in [7, 11) is 1.91. The van der Waals surface area contributed by atoms with E-state index in [2.05, 4.69) is 21.2 Å². The van der Waals surface area contributed by atoms with Gasteiger partial charge in [-0.1, -0.05) is 0 Å². The fraction of sp³-hybridized carbons (Fsp3) is 0.250. The first kappa shape index (κ1) is 17.7. The maximum Gasteiger partial charge on any atom is 0.248 e. The minimum atomic E-state index is -0.488. The number of carbonyl (C=O) groups is 2. The Bertz CT molecular complexity index is 700. The van der Waals surface area contributed by atoms with Crippen molar-refractivity contribution in [2.45, 2.75) is 19.5 Å². The Hall–Kier alpha value is -1.70. The molecule has 0 aliphatic rings. The molecule has 2 amide bonds. The second kappa shape index (κ2) is 7.72. The lowest BCUT2D eigenvalue weighted by atomic mass is 10.2. The van der Waals surface area contributed by atoms with Crippen LogP contribution in [0.5, 0.6) is 0 Å². The van der Waals surface area contributed by atoms with Gasteiger partial charge in [0.15, 0.2) is 0 Å². The summed E-state index contributed by atoms with van der Waals surface area (Å²) in [5.41, 5.74) is 6.24. The number of nitrogens with two attached hydrogens (primary N) is 1. The van der Waals surface area contributed by atoms with Crippen molar-refractivity contribution in [3.05, 3.63) is 50.6 Å². The van der Waals surface area contributed by atoms with Crippen LogP contribution in [-0.2, 0) is 11.3 Å². The molecule has 23 heavy (non-hydrogen) atoms. The molecule has 5 nitrogen and oxygen atoms in total. The van der Waals surface area contributed by atoms with Crippen LogP contribution in [0.1, 0.15) is 22.2 Å². The van der Waals surface area contributed by atoms with E-state index in [0.29, 0.717) is 17.8 Å². The standard InChI is InChI=1S/C16H18BrN3O2S/c1-10(20(2)9-13-7-8-14(17)23-13)16(22)19-12-5-3-11(4-6-12)15(18)21/h3-8,10H,9H2,1-2H3,(H2,18,21)(H,19,22). The normalized spacial score (nSPS) is 12.2. The van der Waals surface area contributed by atoms with Crippen LogP contribution in [0.2, 0.25) is 0 Å². The molecule has 0 bridgehead atoms. The van der Waals surface area contributed by atoms with Crippen LogP contribution < -0.4 is 11.1 Å².